The molecule has 0 spiro atoms. The molecule has 0 heterocycles. The molecule has 0 aliphatic heterocycles. The average molecular weight is 354 g/mol. The minimum atomic E-state index is -1.03. The Morgan fingerprint density at radius 1 is 1.25 bits per heavy atom. The predicted octanol–water partition coefficient (Wildman–Crippen LogP) is 4.99. The molecule has 102 valence electrons. The van der Waals surface area contributed by atoms with Crippen LogP contribution in [0.3, 0.4) is 0 Å². The van der Waals surface area contributed by atoms with E-state index in [9.17, 15) is 4.79 Å². The SMILES string of the molecule is O=C(O)/C=C/c1cccc(Cl)c1Oc1cccc(Br)c1. The number of benzene rings is 2. The van der Waals surface area contributed by atoms with Crippen molar-refractivity contribution in [1.29, 1.82) is 0 Å². The van der Waals surface area contributed by atoms with E-state index in [1.54, 1.807) is 30.3 Å². The number of carbonyl (C=O) groups is 1. The van der Waals surface area contributed by atoms with Crippen molar-refractivity contribution >= 4 is 39.6 Å². The number of ether oxygens (including phenoxy) is 1. The molecule has 2 aromatic carbocycles. The second kappa shape index (κ2) is 6.59. The van der Waals surface area contributed by atoms with Gasteiger partial charge < -0.3 is 9.84 Å². The van der Waals surface area contributed by atoms with Gasteiger partial charge in [0.1, 0.15) is 5.75 Å². The summed E-state index contributed by atoms with van der Waals surface area (Å²) >= 11 is 9.47. The summed E-state index contributed by atoms with van der Waals surface area (Å²) < 4.78 is 6.63. The summed E-state index contributed by atoms with van der Waals surface area (Å²) in [6.45, 7) is 0. The zero-order valence-electron chi connectivity index (χ0n) is 10.2. The van der Waals surface area contributed by atoms with Crippen molar-refractivity contribution in [3.8, 4) is 11.5 Å². The third-order valence-electron chi connectivity index (χ3n) is 2.42. The van der Waals surface area contributed by atoms with Gasteiger partial charge in [-0.3, -0.25) is 0 Å². The second-order valence-corrected chi connectivity index (χ2v) is 5.21. The Kier molecular flexibility index (Phi) is 4.82. The minimum absolute atomic E-state index is 0.414. The van der Waals surface area contributed by atoms with Gasteiger partial charge >= 0.3 is 5.97 Å². The Labute approximate surface area is 129 Å². The van der Waals surface area contributed by atoms with Crippen molar-refractivity contribution < 1.29 is 14.6 Å². The van der Waals surface area contributed by atoms with Crippen molar-refractivity contribution in [3.05, 3.63) is 63.6 Å². The van der Waals surface area contributed by atoms with Crippen molar-refractivity contribution in [1.82, 2.24) is 0 Å². The van der Waals surface area contributed by atoms with E-state index >= 15 is 0 Å². The van der Waals surface area contributed by atoms with E-state index in [4.69, 9.17) is 21.4 Å². The molecule has 0 aromatic heterocycles. The maximum atomic E-state index is 10.6. The molecule has 0 atom stereocenters. The molecule has 1 N–H and O–H groups in total. The lowest BCUT2D eigenvalue weighted by atomic mass is 10.2. The highest BCUT2D eigenvalue weighted by molar-refractivity contribution is 9.10. The van der Waals surface area contributed by atoms with E-state index in [1.165, 1.54) is 6.08 Å². The number of hydrogen-bond donors (Lipinski definition) is 1. The van der Waals surface area contributed by atoms with Crippen LogP contribution >= 0.6 is 27.5 Å². The molecular weight excluding hydrogens is 344 g/mol. The van der Waals surface area contributed by atoms with Gasteiger partial charge in [0, 0.05) is 16.1 Å². The van der Waals surface area contributed by atoms with Crippen LogP contribution in [0, 0.1) is 0 Å². The van der Waals surface area contributed by atoms with Crippen LogP contribution in [0.2, 0.25) is 5.02 Å². The third-order valence-corrected chi connectivity index (χ3v) is 3.21. The van der Waals surface area contributed by atoms with Gasteiger partial charge in [-0.15, -0.1) is 0 Å². The number of carboxylic acid groups (broad SMARTS) is 1. The van der Waals surface area contributed by atoms with E-state index in [0.29, 0.717) is 22.1 Å². The normalized spacial score (nSPS) is 10.7. The number of aliphatic carboxylic acids is 1. The van der Waals surface area contributed by atoms with E-state index < -0.39 is 5.97 Å². The van der Waals surface area contributed by atoms with Gasteiger partial charge in [0.25, 0.3) is 0 Å². The van der Waals surface area contributed by atoms with Crippen LogP contribution in [0.1, 0.15) is 5.56 Å². The van der Waals surface area contributed by atoms with E-state index in [2.05, 4.69) is 15.9 Å². The van der Waals surface area contributed by atoms with Crippen LogP contribution in [-0.2, 0) is 4.79 Å². The second-order valence-electron chi connectivity index (χ2n) is 3.89. The van der Waals surface area contributed by atoms with Crippen LogP contribution in [0.25, 0.3) is 6.08 Å². The van der Waals surface area contributed by atoms with Crippen LogP contribution in [-0.4, -0.2) is 11.1 Å². The van der Waals surface area contributed by atoms with Crippen LogP contribution in [0.5, 0.6) is 11.5 Å². The van der Waals surface area contributed by atoms with Gasteiger partial charge in [0.2, 0.25) is 0 Å². The molecule has 3 nitrogen and oxygen atoms in total. The van der Waals surface area contributed by atoms with Gasteiger partial charge in [-0.1, -0.05) is 45.7 Å². The molecule has 0 radical (unpaired) electrons. The quantitative estimate of drug-likeness (QED) is 0.787. The monoisotopic (exact) mass is 352 g/mol. The molecule has 20 heavy (non-hydrogen) atoms. The standard InChI is InChI=1S/C15H10BrClO3/c16-11-4-2-5-12(9-11)20-15-10(7-8-14(18)19)3-1-6-13(15)17/h1-9H,(H,18,19)/b8-7+. The third kappa shape index (κ3) is 3.85. The number of rotatable bonds is 4. The highest BCUT2D eigenvalue weighted by atomic mass is 79.9. The average Bonchev–Trinajstić information content (AvgIpc) is 2.39. The molecule has 0 unspecified atom stereocenters. The van der Waals surface area contributed by atoms with E-state index in [1.807, 2.05) is 12.1 Å². The van der Waals surface area contributed by atoms with Crippen LogP contribution in [0.4, 0.5) is 0 Å². The summed E-state index contributed by atoms with van der Waals surface area (Å²) in [7, 11) is 0. The number of halogens is 2. The van der Waals surface area contributed by atoms with Crippen molar-refractivity contribution in [2.24, 2.45) is 0 Å². The molecule has 0 fully saturated rings. The van der Waals surface area contributed by atoms with Gasteiger partial charge in [0.15, 0.2) is 5.75 Å². The fraction of sp³-hybridized carbons (Fsp3) is 0. The lowest BCUT2D eigenvalue weighted by Crippen LogP contribution is -1.90. The molecule has 0 aliphatic carbocycles. The maximum Gasteiger partial charge on any atom is 0.328 e. The smallest absolute Gasteiger partial charge is 0.328 e. The van der Waals surface area contributed by atoms with Gasteiger partial charge in [-0.05, 0) is 30.3 Å². The molecule has 0 aliphatic rings. The lowest BCUT2D eigenvalue weighted by Gasteiger charge is -2.10. The first kappa shape index (κ1) is 14.6. The summed E-state index contributed by atoms with van der Waals surface area (Å²) in [4.78, 5) is 10.6. The zero-order chi connectivity index (χ0) is 14.5. The fourth-order valence-electron chi connectivity index (χ4n) is 1.57. The molecule has 5 heteroatoms. The topological polar surface area (TPSA) is 46.5 Å². The summed E-state index contributed by atoms with van der Waals surface area (Å²) in [5.41, 5.74) is 0.597. The Morgan fingerprint density at radius 2 is 2.00 bits per heavy atom. The van der Waals surface area contributed by atoms with Crippen LogP contribution < -0.4 is 4.74 Å². The zero-order valence-corrected chi connectivity index (χ0v) is 12.6. The van der Waals surface area contributed by atoms with Crippen molar-refractivity contribution in [2.75, 3.05) is 0 Å². The number of hydrogen-bond acceptors (Lipinski definition) is 2. The Balaban J connectivity index is 2.37. The minimum Gasteiger partial charge on any atom is -0.478 e. The van der Waals surface area contributed by atoms with Gasteiger partial charge in [-0.25, -0.2) is 4.79 Å². The van der Waals surface area contributed by atoms with Gasteiger partial charge in [0.05, 0.1) is 5.02 Å². The van der Waals surface area contributed by atoms with E-state index in [0.717, 1.165) is 10.5 Å². The highest BCUT2D eigenvalue weighted by Crippen LogP contribution is 2.34. The Hall–Kier alpha value is -1.78. The fourth-order valence-corrected chi connectivity index (χ4v) is 2.17. The first-order chi connectivity index (χ1) is 9.56. The van der Waals surface area contributed by atoms with Crippen molar-refractivity contribution in [3.63, 3.8) is 0 Å². The highest BCUT2D eigenvalue weighted by Gasteiger charge is 2.08. The summed E-state index contributed by atoms with van der Waals surface area (Å²) in [6.07, 6.45) is 2.49. The largest absolute Gasteiger partial charge is 0.478 e. The Bertz CT molecular complexity index is 668. The maximum absolute atomic E-state index is 10.6. The molecule has 2 rings (SSSR count). The number of carboxylic acids is 1. The summed E-state index contributed by atoms with van der Waals surface area (Å²) in [5.74, 6) is 0.000553. The Morgan fingerprint density at radius 3 is 2.70 bits per heavy atom. The summed E-state index contributed by atoms with van der Waals surface area (Å²) in [6, 6.07) is 12.5. The molecule has 0 saturated heterocycles. The summed E-state index contributed by atoms with van der Waals surface area (Å²) in [5, 5.41) is 9.11. The first-order valence-corrected chi connectivity index (χ1v) is 6.86. The first-order valence-electron chi connectivity index (χ1n) is 5.69. The van der Waals surface area contributed by atoms with Gasteiger partial charge in [-0.2, -0.15) is 0 Å². The van der Waals surface area contributed by atoms with E-state index in [-0.39, 0.29) is 0 Å². The molecule has 0 bridgehead atoms. The predicted molar refractivity (Wildman–Crippen MR) is 82.3 cm³/mol. The number of para-hydroxylation sites is 1. The molecule has 2 aromatic rings. The molecular formula is C15H10BrClO3. The van der Waals surface area contributed by atoms with Crippen LogP contribution in [0.15, 0.2) is 53.0 Å². The molecule has 0 amide bonds. The molecule has 0 saturated carbocycles. The lowest BCUT2D eigenvalue weighted by molar-refractivity contribution is -0.131. The van der Waals surface area contributed by atoms with Crippen molar-refractivity contribution in [2.45, 2.75) is 0 Å².